The van der Waals surface area contributed by atoms with Crippen molar-refractivity contribution in [2.45, 2.75) is 32.4 Å². The molecule has 1 aliphatic rings. The molecule has 1 aliphatic heterocycles. The number of aliphatic carboxylic acids is 1. The minimum atomic E-state index is -1.09. The Labute approximate surface area is 123 Å². The number of ether oxygens (including phenoxy) is 1. The molecular formula is C16H20FNO3. The zero-order chi connectivity index (χ0) is 15.4. The molecule has 0 aliphatic carbocycles. The summed E-state index contributed by atoms with van der Waals surface area (Å²) in [5, 5.41) is 8.76. The highest BCUT2D eigenvalue weighted by Crippen LogP contribution is 2.29. The first-order valence-corrected chi connectivity index (χ1v) is 7.10. The maximum absolute atomic E-state index is 14.1. The second-order valence-corrected chi connectivity index (χ2v) is 5.20. The molecule has 1 N–H and O–H groups in total. The van der Waals surface area contributed by atoms with Crippen LogP contribution in [0, 0.1) is 5.82 Å². The Morgan fingerprint density at radius 1 is 1.57 bits per heavy atom. The number of morpholine rings is 1. The standard InChI is InChI=1S/C16H20FNO3/c1-3-12-10-21-11(2)9-18(12)15-6-4-5-14(17)13(15)7-8-16(19)20/h4-8,11-12H,3,9-10H2,1-2H3,(H,19,20)/b8-7+. The molecule has 4 nitrogen and oxygen atoms in total. The molecule has 0 aromatic heterocycles. The van der Waals surface area contributed by atoms with Gasteiger partial charge >= 0.3 is 5.97 Å². The minimum Gasteiger partial charge on any atom is -0.478 e. The summed E-state index contributed by atoms with van der Waals surface area (Å²) in [6, 6.07) is 4.98. The summed E-state index contributed by atoms with van der Waals surface area (Å²) in [4.78, 5) is 12.8. The number of carboxylic acid groups (broad SMARTS) is 1. The number of carboxylic acids is 1. The highest BCUT2D eigenvalue weighted by atomic mass is 19.1. The van der Waals surface area contributed by atoms with Crippen LogP contribution >= 0.6 is 0 Å². The van der Waals surface area contributed by atoms with Crippen LogP contribution in [0.2, 0.25) is 0 Å². The smallest absolute Gasteiger partial charge is 0.328 e. The Kier molecular flexibility index (Phi) is 4.96. The fraction of sp³-hybridized carbons (Fsp3) is 0.438. The molecule has 1 heterocycles. The van der Waals surface area contributed by atoms with E-state index in [1.54, 1.807) is 6.07 Å². The topological polar surface area (TPSA) is 49.8 Å². The van der Waals surface area contributed by atoms with Crippen molar-refractivity contribution < 1.29 is 19.0 Å². The number of rotatable bonds is 4. The second-order valence-electron chi connectivity index (χ2n) is 5.20. The fourth-order valence-corrected chi connectivity index (χ4v) is 2.57. The third-order valence-electron chi connectivity index (χ3n) is 3.67. The summed E-state index contributed by atoms with van der Waals surface area (Å²) in [7, 11) is 0. The van der Waals surface area contributed by atoms with E-state index in [1.165, 1.54) is 12.1 Å². The molecule has 0 spiro atoms. The van der Waals surface area contributed by atoms with Crippen LogP contribution < -0.4 is 4.90 Å². The highest BCUT2D eigenvalue weighted by molar-refractivity contribution is 5.87. The molecular weight excluding hydrogens is 273 g/mol. The van der Waals surface area contributed by atoms with Gasteiger partial charge in [0.1, 0.15) is 5.82 Å². The number of anilines is 1. The van der Waals surface area contributed by atoms with Gasteiger partial charge in [0.25, 0.3) is 0 Å². The van der Waals surface area contributed by atoms with Gasteiger partial charge < -0.3 is 14.7 Å². The summed E-state index contributed by atoms with van der Waals surface area (Å²) in [6.07, 6.45) is 3.23. The molecule has 114 valence electrons. The molecule has 1 saturated heterocycles. The first-order chi connectivity index (χ1) is 10.0. The molecule has 2 rings (SSSR count). The van der Waals surface area contributed by atoms with Gasteiger partial charge in [0.05, 0.1) is 18.8 Å². The van der Waals surface area contributed by atoms with E-state index in [0.717, 1.165) is 18.2 Å². The summed E-state index contributed by atoms with van der Waals surface area (Å²) in [5.74, 6) is -1.51. The highest BCUT2D eigenvalue weighted by Gasteiger charge is 2.27. The van der Waals surface area contributed by atoms with Crippen LogP contribution in [0.4, 0.5) is 10.1 Å². The SMILES string of the molecule is CCC1COC(C)CN1c1cccc(F)c1/C=C/C(=O)O. The van der Waals surface area contributed by atoms with Gasteiger partial charge in [0, 0.05) is 23.9 Å². The Morgan fingerprint density at radius 3 is 3.00 bits per heavy atom. The predicted molar refractivity (Wildman–Crippen MR) is 79.9 cm³/mol. The van der Waals surface area contributed by atoms with Crippen molar-refractivity contribution in [3.8, 4) is 0 Å². The summed E-state index contributed by atoms with van der Waals surface area (Å²) in [6.45, 7) is 5.29. The zero-order valence-electron chi connectivity index (χ0n) is 12.3. The Hall–Kier alpha value is -1.88. The first kappa shape index (κ1) is 15.5. The van der Waals surface area contributed by atoms with Gasteiger partial charge in [-0.05, 0) is 31.6 Å². The average Bonchev–Trinajstić information content (AvgIpc) is 2.45. The summed E-state index contributed by atoms with van der Waals surface area (Å²) in [5.41, 5.74) is 1.03. The normalized spacial score (nSPS) is 22.7. The van der Waals surface area contributed by atoms with E-state index in [4.69, 9.17) is 9.84 Å². The van der Waals surface area contributed by atoms with E-state index in [-0.39, 0.29) is 12.1 Å². The quantitative estimate of drug-likeness (QED) is 0.867. The molecule has 0 saturated carbocycles. The third-order valence-corrected chi connectivity index (χ3v) is 3.67. The van der Waals surface area contributed by atoms with Crippen LogP contribution in [-0.4, -0.2) is 36.4 Å². The van der Waals surface area contributed by atoms with Crippen molar-refractivity contribution in [3.63, 3.8) is 0 Å². The van der Waals surface area contributed by atoms with Crippen LogP contribution in [-0.2, 0) is 9.53 Å². The van der Waals surface area contributed by atoms with Gasteiger partial charge in [-0.2, -0.15) is 0 Å². The van der Waals surface area contributed by atoms with E-state index < -0.39 is 11.8 Å². The van der Waals surface area contributed by atoms with Gasteiger partial charge in [-0.3, -0.25) is 0 Å². The Balaban J connectivity index is 2.41. The van der Waals surface area contributed by atoms with Crippen molar-refractivity contribution in [2.75, 3.05) is 18.1 Å². The van der Waals surface area contributed by atoms with Crippen LogP contribution in [0.3, 0.4) is 0 Å². The lowest BCUT2D eigenvalue weighted by molar-refractivity contribution is -0.131. The summed E-state index contributed by atoms with van der Waals surface area (Å²) < 4.78 is 19.7. The van der Waals surface area contributed by atoms with Gasteiger partial charge in [0.15, 0.2) is 0 Å². The lowest BCUT2D eigenvalue weighted by Gasteiger charge is -2.40. The molecule has 5 heteroatoms. The van der Waals surface area contributed by atoms with Crippen molar-refractivity contribution in [1.82, 2.24) is 0 Å². The third kappa shape index (κ3) is 3.61. The van der Waals surface area contributed by atoms with Crippen LogP contribution in [0.15, 0.2) is 24.3 Å². The van der Waals surface area contributed by atoms with Crippen molar-refractivity contribution in [1.29, 1.82) is 0 Å². The maximum atomic E-state index is 14.1. The van der Waals surface area contributed by atoms with Crippen molar-refractivity contribution in [3.05, 3.63) is 35.7 Å². The van der Waals surface area contributed by atoms with Crippen LogP contribution in [0.1, 0.15) is 25.8 Å². The van der Waals surface area contributed by atoms with Crippen LogP contribution in [0.25, 0.3) is 6.08 Å². The fourth-order valence-electron chi connectivity index (χ4n) is 2.57. The monoisotopic (exact) mass is 293 g/mol. The maximum Gasteiger partial charge on any atom is 0.328 e. The number of carbonyl (C=O) groups is 1. The average molecular weight is 293 g/mol. The van der Waals surface area contributed by atoms with E-state index in [1.807, 2.05) is 13.0 Å². The van der Waals surface area contributed by atoms with E-state index in [0.29, 0.717) is 18.7 Å². The largest absolute Gasteiger partial charge is 0.478 e. The van der Waals surface area contributed by atoms with Crippen molar-refractivity contribution in [2.24, 2.45) is 0 Å². The molecule has 1 aromatic rings. The molecule has 0 radical (unpaired) electrons. The molecule has 21 heavy (non-hydrogen) atoms. The lowest BCUT2D eigenvalue weighted by atomic mass is 10.0. The van der Waals surface area contributed by atoms with Crippen molar-refractivity contribution >= 4 is 17.7 Å². The summed E-state index contributed by atoms with van der Waals surface area (Å²) >= 11 is 0. The Morgan fingerprint density at radius 2 is 2.33 bits per heavy atom. The van der Waals surface area contributed by atoms with E-state index in [9.17, 15) is 9.18 Å². The number of hydrogen-bond donors (Lipinski definition) is 1. The predicted octanol–water partition coefficient (Wildman–Crippen LogP) is 2.93. The van der Waals surface area contributed by atoms with Gasteiger partial charge in [-0.15, -0.1) is 0 Å². The Bertz CT molecular complexity index is 544. The van der Waals surface area contributed by atoms with Gasteiger partial charge in [0.2, 0.25) is 0 Å². The zero-order valence-corrected chi connectivity index (χ0v) is 12.3. The van der Waals surface area contributed by atoms with Gasteiger partial charge in [-0.1, -0.05) is 13.0 Å². The molecule has 1 fully saturated rings. The van der Waals surface area contributed by atoms with E-state index >= 15 is 0 Å². The second kappa shape index (κ2) is 6.72. The number of nitrogens with zero attached hydrogens (tertiary/aromatic N) is 1. The number of halogens is 1. The molecule has 1 aromatic carbocycles. The molecule has 0 amide bonds. The van der Waals surface area contributed by atoms with Gasteiger partial charge in [-0.25, -0.2) is 9.18 Å². The lowest BCUT2D eigenvalue weighted by Crippen LogP contribution is -2.49. The molecule has 0 bridgehead atoms. The number of hydrogen-bond acceptors (Lipinski definition) is 3. The van der Waals surface area contributed by atoms with Crippen LogP contribution in [0.5, 0.6) is 0 Å². The minimum absolute atomic E-state index is 0.0624. The van der Waals surface area contributed by atoms with E-state index in [2.05, 4.69) is 11.8 Å². The molecule has 2 atom stereocenters. The number of benzene rings is 1. The first-order valence-electron chi connectivity index (χ1n) is 7.10. The molecule has 2 unspecified atom stereocenters.